The fourth-order valence-corrected chi connectivity index (χ4v) is 2.38. The van der Waals surface area contributed by atoms with Crippen molar-refractivity contribution < 1.29 is 0 Å². The summed E-state index contributed by atoms with van der Waals surface area (Å²) in [5.41, 5.74) is 2.74. The van der Waals surface area contributed by atoms with E-state index in [-0.39, 0.29) is 5.54 Å². The molecular formula is C13H27N3. The molecular weight excluding hydrogens is 198 g/mol. The molecule has 0 unspecified atom stereocenters. The van der Waals surface area contributed by atoms with E-state index in [0.29, 0.717) is 0 Å². The molecule has 0 bridgehead atoms. The van der Waals surface area contributed by atoms with E-state index in [1.54, 1.807) is 0 Å². The van der Waals surface area contributed by atoms with Crippen LogP contribution in [0.1, 0.15) is 65.7 Å². The summed E-state index contributed by atoms with van der Waals surface area (Å²) in [6, 6.07) is 0. The van der Waals surface area contributed by atoms with Gasteiger partial charge in [-0.15, -0.1) is 0 Å². The molecule has 3 heteroatoms. The maximum atomic E-state index is 5.56. The fourth-order valence-electron chi connectivity index (χ4n) is 2.38. The van der Waals surface area contributed by atoms with Crippen molar-refractivity contribution in [2.24, 2.45) is 16.8 Å². The number of nitrogens with two attached hydrogens (primary N) is 1. The van der Waals surface area contributed by atoms with Gasteiger partial charge in [-0.2, -0.15) is 0 Å². The average molecular weight is 225 g/mol. The van der Waals surface area contributed by atoms with E-state index in [2.05, 4.69) is 31.2 Å². The van der Waals surface area contributed by atoms with Gasteiger partial charge in [0.05, 0.1) is 5.54 Å². The van der Waals surface area contributed by atoms with Crippen molar-refractivity contribution in [3.05, 3.63) is 0 Å². The molecule has 1 rings (SSSR count). The molecule has 0 aromatic rings. The number of nitrogens with one attached hydrogen (secondary N) is 1. The number of rotatable bonds is 2. The molecule has 3 nitrogen and oxygen atoms in total. The summed E-state index contributed by atoms with van der Waals surface area (Å²) in [6.07, 6.45) is 9.25. The number of hydrogen-bond donors (Lipinski definition) is 2. The zero-order valence-electron chi connectivity index (χ0n) is 11.1. The molecule has 1 aliphatic rings. The van der Waals surface area contributed by atoms with E-state index in [1.807, 2.05) is 0 Å². The van der Waals surface area contributed by atoms with Gasteiger partial charge < -0.3 is 5.43 Å². The summed E-state index contributed by atoms with van der Waals surface area (Å²) in [5.74, 6) is 7.30. The Morgan fingerprint density at radius 3 is 2.19 bits per heavy atom. The van der Waals surface area contributed by atoms with Crippen molar-refractivity contribution in [3.63, 3.8) is 0 Å². The van der Waals surface area contributed by atoms with Gasteiger partial charge in [-0.05, 0) is 26.7 Å². The van der Waals surface area contributed by atoms with Gasteiger partial charge >= 0.3 is 0 Å². The molecule has 0 aromatic carbocycles. The molecule has 0 atom stereocenters. The second-order valence-corrected chi connectivity index (χ2v) is 5.94. The molecule has 1 fully saturated rings. The summed E-state index contributed by atoms with van der Waals surface area (Å²) < 4.78 is 0. The summed E-state index contributed by atoms with van der Waals surface area (Å²) in [7, 11) is 0. The Labute approximate surface area is 99.9 Å². The molecule has 0 aliphatic heterocycles. The summed E-state index contributed by atoms with van der Waals surface area (Å²) in [6.45, 7) is 6.33. The molecule has 94 valence electrons. The Kier molecular flexibility index (Phi) is 5.26. The van der Waals surface area contributed by atoms with Gasteiger partial charge in [0.25, 0.3) is 0 Å². The first-order valence-corrected chi connectivity index (χ1v) is 6.56. The lowest BCUT2D eigenvalue weighted by Gasteiger charge is -2.19. The van der Waals surface area contributed by atoms with Crippen LogP contribution in [0.25, 0.3) is 0 Å². The van der Waals surface area contributed by atoms with Crippen LogP contribution in [0.4, 0.5) is 0 Å². The minimum absolute atomic E-state index is 0.0353. The summed E-state index contributed by atoms with van der Waals surface area (Å²) in [5, 5.41) is 0. The van der Waals surface area contributed by atoms with Crippen LogP contribution >= 0.6 is 0 Å². The molecule has 0 spiro atoms. The van der Waals surface area contributed by atoms with Crippen molar-refractivity contribution in [1.82, 2.24) is 5.43 Å². The first-order chi connectivity index (χ1) is 7.51. The average Bonchev–Trinajstić information content (AvgIpc) is 2.43. The second-order valence-electron chi connectivity index (χ2n) is 5.94. The summed E-state index contributed by atoms with van der Waals surface area (Å²) in [4.78, 5) is 4.63. The van der Waals surface area contributed by atoms with Gasteiger partial charge in [-0.3, -0.25) is 4.99 Å². The Morgan fingerprint density at radius 1 is 1.19 bits per heavy atom. The molecule has 16 heavy (non-hydrogen) atoms. The molecule has 1 saturated carbocycles. The Bertz CT molecular complexity index is 220. The largest absolute Gasteiger partial charge is 0.312 e. The number of hydrogen-bond acceptors (Lipinski definition) is 2. The molecule has 1 aliphatic carbocycles. The number of hydrazine groups is 1. The Balaban J connectivity index is 2.51. The van der Waals surface area contributed by atoms with Crippen LogP contribution in [0.2, 0.25) is 0 Å². The first kappa shape index (κ1) is 13.5. The quantitative estimate of drug-likeness (QED) is 0.249. The molecule has 0 radical (unpaired) electrons. The van der Waals surface area contributed by atoms with E-state index in [4.69, 9.17) is 5.84 Å². The fraction of sp³-hybridized carbons (Fsp3) is 0.923. The normalized spacial score (nSPS) is 20.6. The predicted octanol–water partition coefficient (Wildman–Crippen LogP) is 3.01. The van der Waals surface area contributed by atoms with Gasteiger partial charge in [-0.1, -0.05) is 38.5 Å². The van der Waals surface area contributed by atoms with Gasteiger partial charge in [0, 0.05) is 6.42 Å². The third-order valence-corrected chi connectivity index (χ3v) is 3.09. The molecule has 0 saturated heterocycles. The maximum Gasteiger partial charge on any atom is 0.111 e. The van der Waals surface area contributed by atoms with Crippen LogP contribution in [0, 0.1) is 5.92 Å². The molecule has 0 aromatic heterocycles. The van der Waals surface area contributed by atoms with Crippen LogP contribution in [-0.4, -0.2) is 11.4 Å². The van der Waals surface area contributed by atoms with E-state index in [1.165, 1.54) is 38.5 Å². The van der Waals surface area contributed by atoms with Crippen LogP contribution < -0.4 is 11.3 Å². The van der Waals surface area contributed by atoms with E-state index < -0.39 is 0 Å². The third kappa shape index (κ3) is 5.50. The van der Waals surface area contributed by atoms with E-state index >= 15 is 0 Å². The van der Waals surface area contributed by atoms with Gasteiger partial charge in [0.1, 0.15) is 5.84 Å². The zero-order valence-corrected chi connectivity index (χ0v) is 11.1. The minimum Gasteiger partial charge on any atom is -0.312 e. The van der Waals surface area contributed by atoms with E-state index in [9.17, 15) is 0 Å². The van der Waals surface area contributed by atoms with Crippen molar-refractivity contribution in [3.8, 4) is 0 Å². The lowest BCUT2D eigenvalue weighted by Crippen LogP contribution is -2.34. The molecule has 0 amide bonds. The van der Waals surface area contributed by atoms with Crippen molar-refractivity contribution in [1.29, 1.82) is 0 Å². The zero-order chi connectivity index (χ0) is 12.0. The summed E-state index contributed by atoms with van der Waals surface area (Å²) >= 11 is 0. The predicted molar refractivity (Wildman–Crippen MR) is 70.3 cm³/mol. The van der Waals surface area contributed by atoms with Crippen LogP contribution in [0.5, 0.6) is 0 Å². The number of nitrogens with zero attached hydrogens (tertiary/aromatic N) is 1. The van der Waals surface area contributed by atoms with Gasteiger partial charge in [0.2, 0.25) is 0 Å². The van der Waals surface area contributed by atoms with Crippen LogP contribution in [0.15, 0.2) is 4.99 Å². The van der Waals surface area contributed by atoms with Crippen LogP contribution in [-0.2, 0) is 0 Å². The van der Waals surface area contributed by atoms with Crippen molar-refractivity contribution >= 4 is 5.84 Å². The van der Waals surface area contributed by atoms with Crippen LogP contribution in [0.3, 0.4) is 0 Å². The maximum absolute atomic E-state index is 5.56. The highest BCUT2D eigenvalue weighted by Crippen LogP contribution is 2.25. The van der Waals surface area contributed by atoms with E-state index in [0.717, 1.165) is 18.2 Å². The Hall–Kier alpha value is -0.570. The van der Waals surface area contributed by atoms with Gasteiger partial charge in [-0.25, -0.2) is 5.84 Å². The van der Waals surface area contributed by atoms with Crippen molar-refractivity contribution in [2.45, 2.75) is 71.3 Å². The Morgan fingerprint density at radius 2 is 1.75 bits per heavy atom. The highest BCUT2D eigenvalue weighted by molar-refractivity contribution is 5.82. The lowest BCUT2D eigenvalue weighted by atomic mass is 9.96. The second kappa shape index (κ2) is 6.24. The highest BCUT2D eigenvalue weighted by Gasteiger charge is 2.16. The molecule has 0 heterocycles. The standard InChI is InChI=1S/C13H27N3/c1-13(2,3)15-12(16-14)10-11-8-6-4-5-7-9-11/h11H,4-10,14H2,1-3H3,(H,15,16). The highest BCUT2D eigenvalue weighted by atomic mass is 15.3. The van der Waals surface area contributed by atoms with Crippen molar-refractivity contribution in [2.75, 3.05) is 0 Å². The lowest BCUT2D eigenvalue weighted by molar-refractivity contribution is 0.467. The first-order valence-electron chi connectivity index (χ1n) is 6.56. The SMILES string of the molecule is CC(C)(C)N=C(CC1CCCCCC1)NN. The number of amidine groups is 1. The topological polar surface area (TPSA) is 50.4 Å². The van der Waals surface area contributed by atoms with Gasteiger partial charge in [0.15, 0.2) is 0 Å². The number of aliphatic imine (C=N–C) groups is 1. The smallest absolute Gasteiger partial charge is 0.111 e. The third-order valence-electron chi connectivity index (χ3n) is 3.09. The monoisotopic (exact) mass is 225 g/mol. The molecule has 3 N–H and O–H groups in total. The minimum atomic E-state index is -0.0353.